The van der Waals surface area contributed by atoms with Crippen LogP contribution in [-0.4, -0.2) is 12.7 Å². The summed E-state index contributed by atoms with van der Waals surface area (Å²) in [7, 11) is 0. The number of hydrogen-bond acceptors (Lipinski definition) is 1. The van der Waals surface area contributed by atoms with Crippen molar-refractivity contribution in [2.24, 2.45) is 17.8 Å². The predicted octanol–water partition coefficient (Wildman–Crippen LogP) is 7.08. The highest BCUT2D eigenvalue weighted by Crippen LogP contribution is 2.37. The Kier molecular flexibility index (Phi) is 9.80. The first-order chi connectivity index (χ1) is 11.8. The molecule has 1 heteroatoms. The van der Waals surface area contributed by atoms with Crippen molar-refractivity contribution in [2.75, 3.05) is 6.61 Å². The fourth-order valence-electron chi connectivity index (χ4n) is 4.65. The molecule has 2 rings (SSSR count). The monoisotopic (exact) mass is 332 g/mol. The minimum absolute atomic E-state index is 0.532. The van der Waals surface area contributed by atoms with Crippen molar-refractivity contribution in [3.05, 3.63) is 24.3 Å². The minimum atomic E-state index is 0.532. The van der Waals surface area contributed by atoms with Gasteiger partial charge in [-0.05, 0) is 70.1 Å². The number of ether oxygens (including phenoxy) is 1. The second-order valence-corrected chi connectivity index (χ2v) is 8.16. The van der Waals surface area contributed by atoms with Crippen molar-refractivity contribution in [1.82, 2.24) is 0 Å². The zero-order valence-corrected chi connectivity index (χ0v) is 16.2. The topological polar surface area (TPSA) is 9.23 Å². The molecule has 24 heavy (non-hydrogen) atoms. The van der Waals surface area contributed by atoms with Gasteiger partial charge >= 0.3 is 0 Å². The first-order valence-electron chi connectivity index (χ1n) is 10.7. The summed E-state index contributed by atoms with van der Waals surface area (Å²) in [6.45, 7) is 5.01. The van der Waals surface area contributed by atoms with Gasteiger partial charge in [-0.3, -0.25) is 0 Å². The molecule has 0 saturated heterocycles. The van der Waals surface area contributed by atoms with Gasteiger partial charge in [0.2, 0.25) is 0 Å². The van der Waals surface area contributed by atoms with E-state index in [1.54, 1.807) is 0 Å². The Morgan fingerprint density at radius 1 is 0.667 bits per heavy atom. The number of allylic oxidation sites excluding steroid dienone is 3. The summed E-state index contributed by atoms with van der Waals surface area (Å²) in [4.78, 5) is 0. The van der Waals surface area contributed by atoms with E-state index in [0.29, 0.717) is 6.10 Å². The first kappa shape index (κ1) is 19.8. The number of hydrogen-bond donors (Lipinski definition) is 0. The van der Waals surface area contributed by atoms with E-state index in [0.717, 1.165) is 24.4 Å². The summed E-state index contributed by atoms with van der Waals surface area (Å²) < 4.78 is 5.93. The molecule has 2 fully saturated rings. The Bertz CT molecular complexity index is 318. The van der Waals surface area contributed by atoms with Gasteiger partial charge in [0.25, 0.3) is 0 Å². The molecule has 0 heterocycles. The average Bonchev–Trinajstić information content (AvgIpc) is 2.63. The lowest BCUT2D eigenvalue weighted by atomic mass is 9.76. The summed E-state index contributed by atoms with van der Waals surface area (Å²) in [5, 5.41) is 0. The molecule has 0 aromatic rings. The van der Waals surface area contributed by atoms with E-state index in [-0.39, 0.29) is 0 Å². The summed E-state index contributed by atoms with van der Waals surface area (Å²) >= 11 is 0. The van der Waals surface area contributed by atoms with Crippen LogP contribution in [0.4, 0.5) is 0 Å². The van der Waals surface area contributed by atoms with Gasteiger partial charge < -0.3 is 4.74 Å². The Labute approximate surface area is 150 Å². The molecule has 0 atom stereocenters. The summed E-state index contributed by atoms with van der Waals surface area (Å²) in [5.74, 6) is 3.04. The second kappa shape index (κ2) is 11.9. The van der Waals surface area contributed by atoms with E-state index >= 15 is 0 Å². The molecular formula is C23H40O. The molecule has 0 bridgehead atoms. The van der Waals surface area contributed by atoms with Crippen molar-refractivity contribution in [3.63, 3.8) is 0 Å². The van der Waals surface area contributed by atoms with E-state index in [4.69, 9.17) is 4.74 Å². The minimum Gasteiger partial charge on any atom is -0.374 e. The zero-order valence-electron chi connectivity index (χ0n) is 16.2. The molecule has 0 unspecified atom stereocenters. The molecule has 0 aliphatic heterocycles. The highest BCUT2D eigenvalue weighted by molar-refractivity contribution is 4.81. The van der Waals surface area contributed by atoms with Gasteiger partial charge in [0.05, 0.1) is 12.7 Å². The molecule has 0 N–H and O–H groups in total. The standard InChI is InChI=1S/C23H40O/c1-3-5-7-8-20-9-11-21(12-10-20)13-14-22-15-17-23(18-16-22)24-19-6-4-2/h3-6,20-23H,7-19H2,1-2H3. The molecule has 2 aliphatic carbocycles. The van der Waals surface area contributed by atoms with E-state index in [1.165, 1.54) is 77.0 Å². The third kappa shape index (κ3) is 7.55. The van der Waals surface area contributed by atoms with Crippen LogP contribution >= 0.6 is 0 Å². The molecule has 0 aromatic carbocycles. The summed E-state index contributed by atoms with van der Waals surface area (Å²) in [6.07, 6.45) is 26.4. The fraction of sp³-hybridized carbons (Fsp3) is 0.826. The van der Waals surface area contributed by atoms with Crippen LogP contribution < -0.4 is 0 Å². The third-order valence-electron chi connectivity index (χ3n) is 6.38. The van der Waals surface area contributed by atoms with Crippen LogP contribution in [-0.2, 0) is 4.74 Å². The van der Waals surface area contributed by atoms with Crippen LogP contribution in [0, 0.1) is 17.8 Å². The van der Waals surface area contributed by atoms with Crippen molar-refractivity contribution in [1.29, 1.82) is 0 Å². The predicted molar refractivity (Wildman–Crippen MR) is 105 cm³/mol. The van der Waals surface area contributed by atoms with E-state index in [2.05, 4.69) is 38.2 Å². The Balaban J connectivity index is 1.52. The molecule has 1 nitrogen and oxygen atoms in total. The van der Waals surface area contributed by atoms with Gasteiger partial charge in [-0.1, -0.05) is 62.8 Å². The molecule has 0 amide bonds. The van der Waals surface area contributed by atoms with Gasteiger partial charge in [-0.2, -0.15) is 0 Å². The van der Waals surface area contributed by atoms with Crippen LogP contribution in [0.25, 0.3) is 0 Å². The van der Waals surface area contributed by atoms with Crippen molar-refractivity contribution < 1.29 is 4.74 Å². The van der Waals surface area contributed by atoms with Crippen molar-refractivity contribution in [3.8, 4) is 0 Å². The maximum absolute atomic E-state index is 5.93. The van der Waals surface area contributed by atoms with Gasteiger partial charge in [0, 0.05) is 0 Å². The largest absolute Gasteiger partial charge is 0.374 e. The van der Waals surface area contributed by atoms with Gasteiger partial charge in [-0.25, -0.2) is 0 Å². The molecule has 0 spiro atoms. The van der Waals surface area contributed by atoms with Crippen molar-refractivity contribution >= 4 is 0 Å². The average molecular weight is 333 g/mol. The molecule has 0 aromatic heterocycles. The molecular weight excluding hydrogens is 292 g/mol. The Morgan fingerprint density at radius 3 is 1.71 bits per heavy atom. The quantitative estimate of drug-likeness (QED) is 0.410. The van der Waals surface area contributed by atoms with Crippen LogP contribution in [0.5, 0.6) is 0 Å². The van der Waals surface area contributed by atoms with Crippen LogP contribution in [0.15, 0.2) is 24.3 Å². The van der Waals surface area contributed by atoms with E-state index in [1.807, 2.05) is 0 Å². The second-order valence-electron chi connectivity index (χ2n) is 8.16. The normalized spacial score (nSPS) is 31.9. The zero-order chi connectivity index (χ0) is 17.0. The number of rotatable bonds is 9. The SMILES string of the molecule is CC=CCCC1CCC(CCC2CCC(OCC=CC)CC2)CC1. The highest BCUT2D eigenvalue weighted by atomic mass is 16.5. The Hall–Kier alpha value is -0.560. The Morgan fingerprint density at radius 2 is 1.17 bits per heavy atom. The van der Waals surface area contributed by atoms with E-state index < -0.39 is 0 Å². The maximum Gasteiger partial charge on any atom is 0.0651 e. The summed E-state index contributed by atoms with van der Waals surface area (Å²) in [5.41, 5.74) is 0. The third-order valence-corrected chi connectivity index (χ3v) is 6.38. The molecule has 2 aliphatic rings. The van der Waals surface area contributed by atoms with Gasteiger partial charge in [0.15, 0.2) is 0 Å². The molecule has 0 radical (unpaired) electrons. The maximum atomic E-state index is 5.93. The smallest absolute Gasteiger partial charge is 0.0651 e. The lowest BCUT2D eigenvalue weighted by molar-refractivity contribution is 0.0325. The van der Waals surface area contributed by atoms with Crippen LogP contribution in [0.2, 0.25) is 0 Å². The molecule has 2 saturated carbocycles. The first-order valence-corrected chi connectivity index (χ1v) is 10.7. The highest BCUT2D eigenvalue weighted by Gasteiger charge is 2.24. The van der Waals surface area contributed by atoms with E-state index in [9.17, 15) is 0 Å². The lowest BCUT2D eigenvalue weighted by Gasteiger charge is -2.32. The van der Waals surface area contributed by atoms with Crippen molar-refractivity contribution in [2.45, 2.75) is 97.0 Å². The van der Waals surface area contributed by atoms with Crippen LogP contribution in [0.1, 0.15) is 90.9 Å². The van der Waals surface area contributed by atoms with Crippen LogP contribution in [0.3, 0.4) is 0 Å². The van der Waals surface area contributed by atoms with Gasteiger partial charge in [-0.15, -0.1) is 0 Å². The fourth-order valence-corrected chi connectivity index (χ4v) is 4.65. The summed E-state index contributed by atoms with van der Waals surface area (Å²) in [6, 6.07) is 0. The lowest BCUT2D eigenvalue weighted by Crippen LogP contribution is -2.22. The molecule has 138 valence electrons. The van der Waals surface area contributed by atoms with Gasteiger partial charge in [0.1, 0.15) is 0 Å².